The third-order valence-corrected chi connectivity index (χ3v) is 5.80. The number of halogens is 3. The molecule has 172 valence electrons. The lowest BCUT2D eigenvalue weighted by Crippen LogP contribution is -2.44. The van der Waals surface area contributed by atoms with Gasteiger partial charge in [-0.15, -0.1) is 0 Å². The van der Waals surface area contributed by atoms with Crippen molar-refractivity contribution in [2.45, 2.75) is 76.7 Å². The second-order valence-corrected chi connectivity index (χ2v) is 8.11. The Bertz CT molecular complexity index is 804. The van der Waals surface area contributed by atoms with Crippen LogP contribution >= 0.6 is 0 Å². The number of anilines is 2. The number of likely N-dealkylation sites (tertiary alicyclic amines) is 1. The number of carbonyl (C=O) groups excluding carboxylic acids is 2. The first kappa shape index (κ1) is 23.1. The highest BCUT2D eigenvalue weighted by Crippen LogP contribution is 2.35. The van der Waals surface area contributed by atoms with Gasteiger partial charge in [0.15, 0.2) is 0 Å². The first-order valence-corrected chi connectivity index (χ1v) is 10.7. The van der Waals surface area contributed by atoms with Crippen LogP contribution in [-0.4, -0.2) is 57.9 Å². The Morgan fingerprint density at radius 3 is 2.58 bits per heavy atom. The topological polar surface area (TPSA) is 99.2 Å². The lowest BCUT2D eigenvalue weighted by molar-refractivity contribution is -0.137. The third kappa shape index (κ3) is 5.98. The van der Waals surface area contributed by atoms with Crippen LogP contribution in [0.15, 0.2) is 6.20 Å². The van der Waals surface area contributed by atoms with Crippen LogP contribution in [0.5, 0.6) is 0 Å². The number of hydrogen-bond donors (Lipinski definition) is 3. The Hall–Kier alpha value is -2.59. The van der Waals surface area contributed by atoms with Crippen molar-refractivity contribution in [2.75, 3.05) is 23.7 Å². The number of carbonyl (C=O) groups is 2. The highest BCUT2D eigenvalue weighted by atomic mass is 19.4. The van der Waals surface area contributed by atoms with E-state index in [0.717, 1.165) is 25.5 Å². The number of alkyl halides is 3. The molecule has 1 aliphatic heterocycles. The van der Waals surface area contributed by atoms with Crippen LogP contribution in [0.2, 0.25) is 0 Å². The van der Waals surface area contributed by atoms with Crippen molar-refractivity contribution in [1.82, 2.24) is 20.2 Å². The van der Waals surface area contributed by atoms with Crippen LogP contribution in [0, 0.1) is 0 Å². The number of hydrogen-bond acceptors (Lipinski definition) is 6. The summed E-state index contributed by atoms with van der Waals surface area (Å²) in [4.78, 5) is 33.1. The maximum absolute atomic E-state index is 13.6. The second-order valence-electron chi connectivity index (χ2n) is 8.11. The van der Waals surface area contributed by atoms with E-state index in [2.05, 4.69) is 25.9 Å². The monoisotopic (exact) mass is 442 g/mol. The molecule has 0 unspecified atom stereocenters. The summed E-state index contributed by atoms with van der Waals surface area (Å²) in [5.41, 5.74) is -0.945. The molecule has 11 heteroatoms. The maximum atomic E-state index is 13.6. The molecule has 3 atom stereocenters. The molecule has 0 bridgehead atoms. The molecule has 31 heavy (non-hydrogen) atoms. The number of aromatic nitrogens is 2. The smallest absolute Gasteiger partial charge is 0.365 e. The van der Waals surface area contributed by atoms with Crippen LogP contribution in [-0.2, 0) is 15.8 Å². The van der Waals surface area contributed by atoms with Crippen LogP contribution in [0.3, 0.4) is 0 Å². The summed E-state index contributed by atoms with van der Waals surface area (Å²) in [7, 11) is 0. The van der Waals surface area contributed by atoms with E-state index in [-0.39, 0.29) is 41.7 Å². The standard InChI is InChI=1S/C20H29F3N6O2/c1-3-17(31)26-15-7-4-8-16(15)27-18-14(20(21,22)23)10-24-19(28-18)25-13-6-5-9-29(11-13)12(2)30/h10,13,15-16H,3-9,11H2,1-2H3,(H,26,31)(H2,24,25,27,28)/t13-,15-,16+/m0/s1. The van der Waals surface area contributed by atoms with E-state index < -0.39 is 11.7 Å². The fraction of sp³-hybridized carbons (Fsp3) is 0.700. The average molecular weight is 442 g/mol. The summed E-state index contributed by atoms with van der Waals surface area (Å²) in [6.07, 6.45) is 0.174. The molecule has 0 radical (unpaired) electrons. The predicted molar refractivity (Wildman–Crippen MR) is 109 cm³/mol. The fourth-order valence-corrected chi connectivity index (χ4v) is 4.12. The Morgan fingerprint density at radius 1 is 1.16 bits per heavy atom. The average Bonchev–Trinajstić information content (AvgIpc) is 3.13. The van der Waals surface area contributed by atoms with Gasteiger partial charge in [-0.25, -0.2) is 4.98 Å². The van der Waals surface area contributed by atoms with Crippen molar-refractivity contribution in [2.24, 2.45) is 0 Å². The predicted octanol–water partition coefficient (Wildman–Crippen LogP) is 2.78. The molecule has 1 aliphatic carbocycles. The highest BCUT2D eigenvalue weighted by Gasteiger charge is 2.37. The number of nitrogens with one attached hydrogen (secondary N) is 3. The molecule has 8 nitrogen and oxygen atoms in total. The molecular formula is C20H29F3N6O2. The van der Waals surface area contributed by atoms with Crippen LogP contribution in [0.1, 0.15) is 57.9 Å². The normalized spacial score (nSPS) is 24.0. The lowest BCUT2D eigenvalue weighted by Gasteiger charge is -2.32. The molecule has 3 N–H and O–H groups in total. The zero-order chi connectivity index (χ0) is 22.6. The van der Waals surface area contributed by atoms with E-state index in [1.54, 1.807) is 11.8 Å². The van der Waals surface area contributed by atoms with E-state index in [0.29, 0.717) is 32.4 Å². The minimum absolute atomic E-state index is 0.0383. The van der Waals surface area contributed by atoms with Crippen LogP contribution in [0.4, 0.5) is 24.9 Å². The quantitative estimate of drug-likeness (QED) is 0.627. The van der Waals surface area contributed by atoms with Gasteiger partial charge in [-0.05, 0) is 32.1 Å². The maximum Gasteiger partial charge on any atom is 0.421 e. The van der Waals surface area contributed by atoms with Crippen LogP contribution in [0.25, 0.3) is 0 Å². The zero-order valence-corrected chi connectivity index (χ0v) is 17.8. The van der Waals surface area contributed by atoms with Crippen molar-refractivity contribution >= 4 is 23.6 Å². The molecule has 2 heterocycles. The molecular weight excluding hydrogens is 413 g/mol. The number of piperidine rings is 1. The molecule has 2 aliphatic rings. The second kappa shape index (κ2) is 9.69. The van der Waals surface area contributed by atoms with E-state index in [1.165, 1.54) is 6.92 Å². The molecule has 1 aromatic heterocycles. The van der Waals surface area contributed by atoms with Crippen molar-refractivity contribution in [3.05, 3.63) is 11.8 Å². The number of amides is 2. The van der Waals surface area contributed by atoms with E-state index >= 15 is 0 Å². The Labute approximate surface area is 179 Å². The third-order valence-electron chi connectivity index (χ3n) is 5.80. The Morgan fingerprint density at radius 2 is 1.90 bits per heavy atom. The summed E-state index contributed by atoms with van der Waals surface area (Å²) < 4.78 is 40.7. The molecule has 1 saturated carbocycles. The summed E-state index contributed by atoms with van der Waals surface area (Å²) in [6, 6.07) is -0.727. The minimum atomic E-state index is -4.61. The Kier molecular flexibility index (Phi) is 7.22. The van der Waals surface area contributed by atoms with E-state index in [1.807, 2.05) is 0 Å². The van der Waals surface area contributed by atoms with E-state index in [4.69, 9.17) is 0 Å². The summed E-state index contributed by atoms with van der Waals surface area (Å²) >= 11 is 0. The summed E-state index contributed by atoms with van der Waals surface area (Å²) in [5, 5.41) is 8.85. The molecule has 3 rings (SSSR count). The van der Waals surface area contributed by atoms with Gasteiger partial charge in [0.2, 0.25) is 17.8 Å². The van der Waals surface area contributed by atoms with Gasteiger partial charge >= 0.3 is 6.18 Å². The molecule has 2 amide bonds. The van der Waals surface area contributed by atoms with Gasteiger partial charge in [-0.2, -0.15) is 18.2 Å². The highest BCUT2D eigenvalue weighted by molar-refractivity contribution is 5.76. The van der Waals surface area contributed by atoms with Gasteiger partial charge in [0, 0.05) is 50.8 Å². The molecule has 1 aromatic rings. The van der Waals surface area contributed by atoms with Gasteiger partial charge in [0.1, 0.15) is 11.4 Å². The van der Waals surface area contributed by atoms with Crippen LogP contribution < -0.4 is 16.0 Å². The Balaban J connectivity index is 1.77. The van der Waals surface area contributed by atoms with Crippen molar-refractivity contribution in [1.29, 1.82) is 0 Å². The first-order chi connectivity index (χ1) is 14.7. The minimum Gasteiger partial charge on any atom is -0.365 e. The van der Waals surface area contributed by atoms with Crippen molar-refractivity contribution < 1.29 is 22.8 Å². The SMILES string of the molecule is CCC(=O)N[C@H]1CCC[C@H]1Nc1nc(N[C@H]2CCCN(C(C)=O)C2)ncc1C(F)(F)F. The molecule has 1 saturated heterocycles. The van der Waals surface area contributed by atoms with Gasteiger partial charge in [-0.1, -0.05) is 6.92 Å². The van der Waals surface area contributed by atoms with Gasteiger partial charge in [0.25, 0.3) is 0 Å². The van der Waals surface area contributed by atoms with Gasteiger partial charge in [-0.3, -0.25) is 9.59 Å². The van der Waals surface area contributed by atoms with Gasteiger partial charge < -0.3 is 20.9 Å². The van der Waals surface area contributed by atoms with Crippen molar-refractivity contribution in [3.63, 3.8) is 0 Å². The molecule has 2 fully saturated rings. The molecule has 0 aromatic carbocycles. The van der Waals surface area contributed by atoms with Gasteiger partial charge in [0.05, 0.1) is 0 Å². The fourth-order valence-electron chi connectivity index (χ4n) is 4.12. The molecule has 0 spiro atoms. The lowest BCUT2D eigenvalue weighted by atomic mass is 10.1. The number of nitrogens with zero attached hydrogens (tertiary/aromatic N) is 3. The number of rotatable bonds is 6. The first-order valence-electron chi connectivity index (χ1n) is 10.7. The zero-order valence-electron chi connectivity index (χ0n) is 17.8. The summed E-state index contributed by atoms with van der Waals surface area (Å²) in [5.74, 6) is -0.388. The van der Waals surface area contributed by atoms with Crippen molar-refractivity contribution in [3.8, 4) is 0 Å². The summed E-state index contributed by atoms with van der Waals surface area (Å²) in [6.45, 7) is 4.35. The largest absolute Gasteiger partial charge is 0.421 e. The van der Waals surface area contributed by atoms with E-state index in [9.17, 15) is 22.8 Å².